The van der Waals surface area contributed by atoms with Gasteiger partial charge in [0, 0.05) is 30.4 Å². The van der Waals surface area contributed by atoms with Crippen molar-refractivity contribution < 1.29 is 8.78 Å². The molecule has 1 aromatic heterocycles. The molecule has 28 heavy (non-hydrogen) atoms. The Morgan fingerprint density at radius 3 is 2.32 bits per heavy atom. The van der Waals surface area contributed by atoms with Crippen molar-refractivity contribution in [3.05, 3.63) is 63.8 Å². The molecule has 0 amide bonds. The number of piperidine rings is 1. The van der Waals surface area contributed by atoms with Crippen LogP contribution in [0.2, 0.25) is 0 Å². The molecule has 1 aliphatic carbocycles. The zero-order valence-electron chi connectivity index (χ0n) is 15.8. The van der Waals surface area contributed by atoms with Crippen LogP contribution < -0.4 is 10.3 Å². The van der Waals surface area contributed by atoms with Crippen molar-refractivity contribution in [2.75, 3.05) is 18.0 Å². The van der Waals surface area contributed by atoms with E-state index in [1.54, 1.807) is 6.92 Å². The van der Waals surface area contributed by atoms with Gasteiger partial charge in [0.25, 0.3) is 0 Å². The first-order valence-electron chi connectivity index (χ1n) is 9.83. The number of anilines is 1. The molecule has 3 aromatic rings. The number of benzene rings is 2. The molecule has 144 valence electrons. The van der Waals surface area contributed by atoms with E-state index in [2.05, 4.69) is 22.0 Å². The summed E-state index contributed by atoms with van der Waals surface area (Å²) in [5, 5.41) is -0.0957. The summed E-state index contributed by atoms with van der Waals surface area (Å²) in [4.78, 5) is 18.1. The van der Waals surface area contributed by atoms with E-state index in [0.717, 1.165) is 24.7 Å². The van der Waals surface area contributed by atoms with Gasteiger partial charge in [-0.15, -0.1) is 0 Å². The molecule has 1 spiro atoms. The van der Waals surface area contributed by atoms with E-state index >= 15 is 0 Å². The van der Waals surface area contributed by atoms with Gasteiger partial charge in [0.05, 0.1) is 16.6 Å². The summed E-state index contributed by atoms with van der Waals surface area (Å²) >= 11 is 0. The minimum Gasteiger partial charge on any atom is -0.371 e. The Kier molecular flexibility index (Phi) is 3.83. The molecule has 5 heteroatoms. The smallest absolute Gasteiger partial charge is 0.195 e. The summed E-state index contributed by atoms with van der Waals surface area (Å²) in [7, 11) is 0. The van der Waals surface area contributed by atoms with Gasteiger partial charge < -0.3 is 9.88 Å². The SMILES string of the molecule is Cc1c(-c2ccc(N3CCC4(CC3)CC4)cc2)[nH]c2cc(F)cc(F)c2c1=O. The standard InChI is InChI=1S/C23H22F2N2O/c1-14-21(26-19-13-16(24)12-18(25)20(19)22(14)28)15-2-4-17(5-3-15)27-10-8-23(6-7-23)9-11-27/h2-5,12-13H,6-11H2,1H3,(H,26,28). The summed E-state index contributed by atoms with van der Waals surface area (Å²) in [6.45, 7) is 3.84. The van der Waals surface area contributed by atoms with Crippen LogP contribution in [0.25, 0.3) is 22.2 Å². The minimum atomic E-state index is -0.834. The number of H-pyrrole nitrogens is 1. The van der Waals surface area contributed by atoms with Gasteiger partial charge in [0.1, 0.15) is 11.6 Å². The zero-order chi connectivity index (χ0) is 19.5. The molecule has 1 aliphatic heterocycles. The third-order valence-corrected chi connectivity index (χ3v) is 6.56. The molecule has 0 bridgehead atoms. The van der Waals surface area contributed by atoms with E-state index in [1.807, 2.05) is 12.1 Å². The number of hydrogen-bond acceptors (Lipinski definition) is 2. The van der Waals surface area contributed by atoms with Gasteiger partial charge in [-0.25, -0.2) is 8.78 Å². The molecule has 2 aliphatic rings. The highest BCUT2D eigenvalue weighted by atomic mass is 19.1. The minimum absolute atomic E-state index is 0.0957. The maximum absolute atomic E-state index is 14.1. The van der Waals surface area contributed by atoms with Crippen molar-refractivity contribution in [2.24, 2.45) is 5.41 Å². The first kappa shape index (κ1) is 17.4. The van der Waals surface area contributed by atoms with Gasteiger partial charge in [0.2, 0.25) is 0 Å². The summed E-state index contributed by atoms with van der Waals surface area (Å²) in [6.07, 6.45) is 5.30. The Hall–Kier alpha value is -2.69. The normalized spacial score (nSPS) is 18.0. The molecule has 0 radical (unpaired) electrons. The van der Waals surface area contributed by atoms with Gasteiger partial charge in [-0.2, -0.15) is 0 Å². The molecule has 0 unspecified atom stereocenters. The van der Waals surface area contributed by atoms with Crippen LogP contribution in [0.3, 0.4) is 0 Å². The lowest BCUT2D eigenvalue weighted by atomic mass is 9.93. The number of fused-ring (bicyclic) bond motifs is 1. The molecule has 1 saturated carbocycles. The fraction of sp³-hybridized carbons (Fsp3) is 0.348. The van der Waals surface area contributed by atoms with Crippen LogP contribution in [-0.4, -0.2) is 18.1 Å². The van der Waals surface area contributed by atoms with Gasteiger partial charge in [-0.05, 0) is 61.8 Å². The molecule has 2 fully saturated rings. The van der Waals surface area contributed by atoms with Gasteiger partial charge in [-0.1, -0.05) is 12.1 Å². The third kappa shape index (κ3) is 2.81. The Labute approximate surface area is 162 Å². The van der Waals surface area contributed by atoms with Gasteiger partial charge >= 0.3 is 0 Å². The molecule has 0 atom stereocenters. The summed E-state index contributed by atoms with van der Waals surface area (Å²) in [5.74, 6) is -1.54. The number of nitrogens with zero attached hydrogens (tertiary/aromatic N) is 1. The second kappa shape index (κ2) is 6.16. The Morgan fingerprint density at radius 1 is 1.00 bits per heavy atom. The second-order valence-electron chi connectivity index (χ2n) is 8.30. The predicted octanol–water partition coefficient (Wildman–Crippen LogP) is 5.16. The number of hydrogen-bond donors (Lipinski definition) is 1. The number of aromatic nitrogens is 1. The number of halogens is 2. The predicted molar refractivity (Wildman–Crippen MR) is 108 cm³/mol. The van der Waals surface area contributed by atoms with Crippen molar-refractivity contribution in [1.29, 1.82) is 0 Å². The van der Waals surface area contributed by atoms with E-state index in [-0.39, 0.29) is 10.9 Å². The second-order valence-corrected chi connectivity index (χ2v) is 8.30. The largest absolute Gasteiger partial charge is 0.371 e. The molecule has 2 aromatic carbocycles. The average molecular weight is 380 g/mol. The first-order chi connectivity index (χ1) is 13.5. The molecular weight excluding hydrogens is 358 g/mol. The molecule has 1 saturated heterocycles. The highest BCUT2D eigenvalue weighted by Gasteiger charge is 2.44. The lowest BCUT2D eigenvalue weighted by Gasteiger charge is -2.34. The average Bonchev–Trinajstić information content (AvgIpc) is 3.44. The Balaban J connectivity index is 1.50. The topological polar surface area (TPSA) is 36.1 Å². The highest BCUT2D eigenvalue weighted by molar-refractivity contribution is 5.84. The van der Waals surface area contributed by atoms with Crippen molar-refractivity contribution in [3.63, 3.8) is 0 Å². The summed E-state index contributed by atoms with van der Waals surface area (Å²) < 4.78 is 27.7. The third-order valence-electron chi connectivity index (χ3n) is 6.56. The summed E-state index contributed by atoms with van der Waals surface area (Å²) in [5.41, 5.74) is 3.46. The van der Waals surface area contributed by atoms with Crippen molar-refractivity contribution in [1.82, 2.24) is 4.98 Å². The quantitative estimate of drug-likeness (QED) is 0.666. The van der Waals surface area contributed by atoms with Gasteiger partial charge in [-0.3, -0.25) is 4.79 Å². The molecule has 1 N–H and O–H groups in total. The molecular formula is C23H22F2N2O. The van der Waals surface area contributed by atoms with Crippen molar-refractivity contribution >= 4 is 16.6 Å². The van der Waals surface area contributed by atoms with E-state index in [0.29, 0.717) is 16.7 Å². The van der Waals surface area contributed by atoms with Crippen LogP contribution in [-0.2, 0) is 0 Å². The van der Waals surface area contributed by atoms with E-state index in [1.165, 1.54) is 37.4 Å². The van der Waals surface area contributed by atoms with Gasteiger partial charge in [0.15, 0.2) is 5.43 Å². The fourth-order valence-electron chi connectivity index (χ4n) is 4.48. The number of nitrogens with one attached hydrogen (secondary N) is 1. The number of aromatic amines is 1. The van der Waals surface area contributed by atoms with Crippen LogP contribution in [0.5, 0.6) is 0 Å². The monoisotopic (exact) mass is 380 g/mol. The maximum Gasteiger partial charge on any atom is 0.195 e. The highest BCUT2D eigenvalue weighted by Crippen LogP contribution is 2.53. The molecule has 3 nitrogen and oxygen atoms in total. The Morgan fingerprint density at radius 2 is 1.68 bits per heavy atom. The Bertz CT molecular complexity index is 1120. The maximum atomic E-state index is 14.1. The van der Waals surface area contributed by atoms with Crippen LogP contribution in [0.4, 0.5) is 14.5 Å². The molecule has 2 heterocycles. The van der Waals surface area contributed by atoms with Crippen LogP contribution in [0, 0.1) is 24.0 Å². The van der Waals surface area contributed by atoms with Crippen LogP contribution in [0.15, 0.2) is 41.2 Å². The van der Waals surface area contributed by atoms with E-state index in [9.17, 15) is 13.6 Å². The number of rotatable bonds is 2. The summed E-state index contributed by atoms with van der Waals surface area (Å²) in [6, 6.07) is 9.98. The number of pyridine rings is 1. The van der Waals surface area contributed by atoms with Crippen LogP contribution in [0.1, 0.15) is 31.2 Å². The van der Waals surface area contributed by atoms with Crippen molar-refractivity contribution in [3.8, 4) is 11.3 Å². The first-order valence-corrected chi connectivity index (χ1v) is 9.83. The van der Waals surface area contributed by atoms with Crippen molar-refractivity contribution in [2.45, 2.75) is 32.6 Å². The lowest BCUT2D eigenvalue weighted by Crippen LogP contribution is -2.34. The zero-order valence-corrected chi connectivity index (χ0v) is 15.8. The lowest BCUT2D eigenvalue weighted by molar-refractivity contribution is 0.384. The fourth-order valence-corrected chi connectivity index (χ4v) is 4.48. The van der Waals surface area contributed by atoms with E-state index < -0.39 is 17.1 Å². The molecule has 5 rings (SSSR count). The van der Waals surface area contributed by atoms with E-state index in [4.69, 9.17) is 0 Å². The van der Waals surface area contributed by atoms with Crippen LogP contribution >= 0.6 is 0 Å².